The molecule has 3 aromatic rings. The molecule has 5 heteroatoms. The molecule has 0 heterocycles. The Labute approximate surface area is 181 Å². The molecule has 3 aromatic carbocycles. The smallest absolute Gasteiger partial charge is 0.148 e. The van der Waals surface area contributed by atoms with E-state index >= 15 is 0 Å². The van der Waals surface area contributed by atoms with Gasteiger partial charge in [0.05, 0.1) is 14.6 Å². The molecule has 0 aliphatic carbocycles. The molecule has 3 rings (SSSR count). The average molecular weight is 508 g/mol. The van der Waals surface area contributed by atoms with Gasteiger partial charge in [0.25, 0.3) is 0 Å². The normalized spacial score (nSPS) is 11.1. The number of ether oxygens (including phenoxy) is 1. The fourth-order valence-corrected chi connectivity index (χ4v) is 4.17. The third-order valence-corrected chi connectivity index (χ3v) is 5.60. The van der Waals surface area contributed by atoms with Crippen molar-refractivity contribution in [2.75, 3.05) is 0 Å². The van der Waals surface area contributed by atoms with Gasteiger partial charge in [-0.3, -0.25) is 4.99 Å². The van der Waals surface area contributed by atoms with E-state index in [0.717, 1.165) is 37.9 Å². The van der Waals surface area contributed by atoms with E-state index in [1.807, 2.05) is 54.7 Å². The van der Waals surface area contributed by atoms with Crippen molar-refractivity contribution in [3.05, 3.63) is 91.3 Å². The van der Waals surface area contributed by atoms with Crippen LogP contribution >= 0.6 is 43.5 Å². The van der Waals surface area contributed by atoms with E-state index in [0.29, 0.717) is 11.6 Å². The van der Waals surface area contributed by atoms with E-state index in [1.165, 1.54) is 5.56 Å². The van der Waals surface area contributed by atoms with Crippen LogP contribution in [0.25, 0.3) is 0 Å². The van der Waals surface area contributed by atoms with Crippen LogP contribution in [0.2, 0.25) is 5.02 Å². The van der Waals surface area contributed by atoms with Crippen molar-refractivity contribution in [3.63, 3.8) is 0 Å². The molecule has 0 amide bonds. The van der Waals surface area contributed by atoms with Gasteiger partial charge >= 0.3 is 0 Å². The quantitative estimate of drug-likeness (QED) is 0.313. The first-order chi connectivity index (χ1) is 13.1. The molecule has 0 saturated heterocycles. The van der Waals surface area contributed by atoms with E-state index in [4.69, 9.17) is 16.3 Å². The molecule has 0 saturated carbocycles. The highest BCUT2D eigenvalue weighted by atomic mass is 79.9. The lowest BCUT2D eigenvalue weighted by Gasteiger charge is -2.12. The molecule has 138 valence electrons. The van der Waals surface area contributed by atoms with Crippen LogP contribution < -0.4 is 4.74 Å². The molecule has 0 fully saturated rings. The third-order valence-electron chi connectivity index (χ3n) is 4.06. The molecule has 0 spiro atoms. The summed E-state index contributed by atoms with van der Waals surface area (Å²) < 4.78 is 7.66. The maximum absolute atomic E-state index is 6.19. The number of halogens is 3. The number of aryl methyl sites for hydroxylation is 1. The highest BCUT2D eigenvalue weighted by Gasteiger charge is 2.10. The number of hydrogen-bond donors (Lipinski definition) is 0. The summed E-state index contributed by atoms with van der Waals surface area (Å²) in [4.78, 5) is 4.54. The van der Waals surface area contributed by atoms with Gasteiger partial charge in [-0.2, -0.15) is 0 Å². The first-order valence-corrected chi connectivity index (χ1v) is 10.5. The maximum Gasteiger partial charge on any atom is 0.148 e. The molecule has 0 aromatic heterocycles. The molecule has 0 N–H and O–H groups in total. The van der Waals surface area contributed by atoms with E-state index in [9.17, 15) is 0 Å². The Hall–Kier alpha value is -1.62. The topological polar surface area (TPSA) is 21.6 Å². The minimum atomic E-state index is 0.397. The first kappa shape index (κ1) is 20.1. The maximum atomic E-state index is 6.19. The van der Waals surface area contributed by atoms with E-state index in [-0.39, 0.29) is 0 Å². The van der Waals surface area contributed by atoms with Gasteiger partial charge in [0, 0.05) is 16.8 Å². The first-order valence-electron chi connectivity index (χ1n) is 8.55. The molecular formula is C22H18Br2ClNO. The van der Waals surface area contributed by atoms with Crippen molar-refractivity contribution in [1.82, 2.24) is 0 Å². The van der Waals surface area contributed by atoms with Crippen molar-refractivity contribution in [3.8, 4) is 5.75 Å². The van der Waals surface area contributed by atoms with Crippen molar-refractivity contribution in [2.45, 2.75) is 20.0 Å². The van der Waals surface area contributed by atoms with Crippen molar-refractivity contribution in [1.29, 1.82) is 0 Å². The lowest BCUT2D eigenvalue weighted by atomic mass is 10.1. The van der Waals surface area contributed by atoms with Gasteiger partial charge in [-0.25, -0.2) is 0 Å². The van der Waals surface area contributed by atoms with Crippen molar-refractivity contribution < 1.29 is 4.74 Å². The Balaban J connectivity index is 1.74. The van der Waals surface area contributed by atoms with E-state index in [1.54, 1.807) is 0 Å². The second-order valence-corrected chi connectivity index (χ2v) is 8.09. The minimum Gasteiger partial charge on any atom is -0.486 e. The largest absolute Gasteiger partial charge is 0.486 e. The lowest BCUT2D eigenvalue weighted by Crippen LogP contribution is -1.98. The number of nitrogens with zero attached hydrogens (tertiary/aromatic N) is 1. The summed E-state index contributed by atoms with van der Waals surface area (Å²) in [5.41, 5.74) is 4.15. The Bertz CT molecular complexity index is 932. The minimum absolute atomic E-state index is 0.397. The van der Waals surface area contributed by atoms with Crippen LogP contribution in [-0.4, -0.2) is 6.21 Å². The zero-order chi connectivity index (χ0) is 19.2. The summed E-state index contributed by atoms with van der Waals surface area (Å²) in [6, 6.07) is 19.9. The van der Waals surface area contributed by atoms with Crippen LogP contribution in [0.3, 0.4) is 0 Å². The molecule has 0 unspecified atom stereocenters. The highest BCUT2D eigenvalue weighted by molar-refractivity contribution is 9.11. The molecule has 2 nitrogen and oxygen atoms in total. The molecule has 0 aliphatic rings. The Morgan fingerprint density at radius 3 is 2.30 bits per heavy atom. The Morgan fingerprint density at radius 2 is 1.67 bits per heavy atom. The molecule has 0 atom stereocenters. The van der Waals surface area contributed by atoms with Crippen LogP contribution in [0.1, 0.15) is 23.6 Å². The standard InChI is InChI=1S/C22H18Br2ClNO/c1-2-15-7-9-18(10-8-15)26-13-16-11-19(23)22(20(24)12-16)27-14-17-5-3-4-6-21(17)25/h3-13H,2,14H2,1H3. The molecule has 0 radical (unpaired) electrons. The van der Waals surface area contributed by atoms with E-state index < -0.39 is 0 Å². The van der Waals surface area contributed by atoms with Gasteiger partial charge in [-0.1, -0.05) is 48.9 Å². The second-order valence-electron chi connectivity index (χ2n) is 5.97. The molecular weight excluding hydrogens is 490 g/mol. The summed E-state index contributed by atoms with van der Waals surface area (Å²) in [5.74, 6) is 0.736. The van der Waals surface area contributed by atoms with Gasteiger partial charge in [0.2, 0.25) is 0 Å². The van der Waals surface area contributed by atoms with Gasteiger partial charge < -0.3 is 4.74 Å². The van der Waals surface area contributed by atoms with Crippen molar-refractivity contribution in [2.24, 2.45) is 4.99 Å². The number of aliphatic imine (C=N–C) groups is 1. The molecule has 27 heavy (non-hydrogen) atoms. The highest BCUT2D eigenvalue weighted by Crippen LogP contribution is 2.35. The van der Waals surface area contributed by atoms with Gasteiger partial charge in [-0.15, -0.1) is 0 Å². The number of benzene rings is 3. The van der Waals surface area contributed by atoms with Gasteiger partial charge in [-0.05, 0) is 79.7 Å². The summed E-state index contributed by atoms with van der Waals surface area (Å²) in [6.45, 7) is 2.54. The number of rotatable bonds is 6. The average Bonchev–Trinajstić information content (AvgIpc) is 2.67. The Kier molecular flexibility index (Phi) is 7.11. The lowest BCUT2D eigenvalue weighted by molar-refractivity contribution is 0.302. The fraction of sp³-hybridized carbons (Fsp3) is 0.136. The van der Waals surface area contributed by atoms with Gasteiger partial charge in [0.15, 0.2) is 0 Å². The SMILES string of the molecule is CCc1ccc(N=Cc2cc(Br)c(OCc3ccccc3Cl)c(Br)c2)cc1. The molecule has 0 aliphatic heterocycles. The zero-order valence-corrected chi connectivity index (χ0v) is 18.7. The monoisotopic (exact) mass is 505 g/mol. The number of hydrogen-bond acceptors (Lipinski definition) is 2. The van der Waals surface area contributed by atoms with E-state index in [2.05, 4.69) is 55.9 Å². The summed E-state index contributed by atoms with van der Waals surface area (Å²) in [7, 11) is 0. The van der Waals surface area contributed by atoms with Gasteiger partial charge in [0.1, 0.15) is 12.4 Å². The van der Waals surface area contributed by atoms with Crippen LogP contribution in [0, 0.1) is 0 Å². The zero-order valence-electron chi connectivity index (χ0n) is 14.8. The predicted molar refractivity (Wildman–Crippen MR) is 121 cm³/mol. The molecule has 0 bridgehead atoms. The fourth-order valence-electron chi connectivity index (χ4n) is 2.52. The summed E-state index contributed by atoms with van der Waals surface area (Å²) in [5, 5.41) is 0.697. The third kappa shape index (κ3) is 5.44. The Morgan fingerprint density at radius 1 is 1.00 bits per heavy atom. The predicted octanol–water partition coefficient (Wildman–Crippen LogP) is 7.76. The second kappa shape index (κ2) is 9.54. The van der Waals surface area contributed by atoms with Crippen molar-refractivity contribution >= 4 is 55.4 Å². The summed E-state index contributed by atoms with van der Waals surface area (Å²) in [6.07, 6.45) is 2.87. The summed E-state index contributed by atoms with van der Waals surface area (Å²) >= 11 is 13.4. The van der Waals surface area contributed by atoms with Crippen LogP contribution in [0.4, 0.5) is 5.69 Å². The van der Waals surface area contributed by atoms with Crippen LogP contribution in [0.15, 0.2) is 74.6 Å². The van der Waals surface area contributed by atoms with Crippen LogP contribution in [-0.2, 0) is 13.0 Å². The van der Waals surface area contributed by atoms with Crippen LogP contribution in [0.5, 0.6) is 5.75 Å².